The second kappa shape index (κ2) is 6.12. The monoisotopic (exact) mass is 345 g/mol. The van der Waals surface area contributed by atoms with Crippen LogP contribution in [0.15, 0.2) is 30.6 Å². The van der Waals surface area contributed by atoms with E-state index in [2.05, 4.69) is 25.5 Å². The number of carbonyl (C=O) groups is 1. The summed E-state index contributed by atoms with van der Waals surface area (Å²) in [6.45, 7) is 6.09. The number of carbonyl (C=O) groups excluding carboxylic acids is 1. The molecule has 0 atom stereocenters. The molecule has 0 fully saturated rings. The van der Waals surface area contributed by atoms with Gasteiger partial charge in [0, 0.05) is 17.3 Å². The zero-order chi connectivity index (χ0) is 18.2. The number of imidazole rings is 1. The topological polar surface area (TPSA) is 86.5 Å². The summed E-state index contributed by atoms with van der Waals surface area (Å²) < 4.78 is 27.5. The molecule has 0 radical (unpaired) electrons. The molecule has 0 bridgehead atoms. The van der Waals surface area contributed by atoms with E-state index >= 15 is 0 Å². The molecule has 0 saturated carbocycles. The first kappa shape index (κ1) is 16.8. The van der Waals surface area contributed by atoms with E-state index in [1.54, 1.807) is 6.20 Å². The van der Waals surface area contributed by atoms with E-state index < -0.39 is 23.1 Å². The zero-order valence-corrected chi connectivity index (χ0v) is 13.9. The van der Waals surface area contributed by atoms with E-state index in [1.165, 1.54) is 12.3 Å². The van der Waals surface area contributed by atoms with Crippen molar-refractivity contribution < 1.29 is 13.6 Å². The molecule has 6 nitrogen and oxygen atoms in total. The summed E-state index contributed by atoms with van der Waals surface area (Å²) in [6.07, 6.45) is 3.05. The number of amides is 1. The normalized spacial score (nSPS) is 11.6. The average molecular weight is 345 g/mol. The third-order valence-electron chi connectivity index (χ3n) is 3.70. The summed E-state index contributed by atoms with van der Waals surface area (Å²) in [5.74, 6) is -2.31. The van der Waals surface area contributed by atoms with Crippen molar-refractivity contribution in [3.05, 3.63) is 53.5 Å². The van der Waals surface area contributed by atoms with Crippen LogP contribution in [0.5, 0.6) is 0 Å². The zero-order valence-electron chi connectivity index (χ0n) is 13.9. The summed E-state index contributed by atoms with van der Waals surface area (Å²) in [4.78, 5) is 19.7. The predicted molar refractivity (Wildman–Crippen MR) is 89.2 cm³/mol. The van der Waals surface area contributed by atoms with Gasteiger partial charge in [0.15, 0.2) is 5.82 Å². The summed E-state index contributed by atoms with van der Waals surface area (Å²) in [7, 11) is 0. The molecule has 1 amide bonds. The molecule has 25 heavy (non-hydrogen) atoms. The fourth-order valence-electron chi connectivity index (χ4n) is 2.29. The highest BCUT2D eigenvalue weighted by molar-refractivity contribution is 6.06. The number of hydrogen-bond acceptors (Lipinski definition) is 3. The SMILES string of the molecule is CC(C)(C)c1cnc(-c2[nH]ncc2NC(=O)c2c(F)cccc2F)[nH]1. The van der Waals surface area contributed by atoms with Crippen LogP contribution >= 0.6 is 0 Å². The van der Waals surface area contributed by atoms with Crippen molar-refractivity contribution in [3.63, 3.8) is 0 Å². The maximum absolute atomic E-state index is 13.7. The maximum atomic E-state index is 13.7. The van der Waals surface area contributed by atoms with E-state index in [9.17, 15) is 13.6 Å². The number of nitrogens with one attached hydrogen (secondary N) is 3. The van der Waals surface area contributed by atoms with Crippen LogP contribution in [-0.2, 0) is 5.41 Å². The molecule has 3 rings (SSSR count). The molecule has 0 aliphatic rings. The van der Waals surface area contributed by atoms with Gasteiger partial charge in [-0.2, -0.15) is 5.10 Å². The smallest absolute Gasteiger partial charge is 0.261 e. The number of halogens is 2. The number of aromatic nitrogens is 4. The third-order valence-corrected chi connectivity index (χ3v) is 3.70. The highest BCUT2D eigenvalue weighted by atomic mass is 19.1. The number of nitrogens with zero attached hydrogens (tertiary/aromatic N) is 2. The second-order valence-corrected chi connectivity index (χ2v) is 6.60. The quantitative estimate of drug-likeness (QED) is 0.677. The Morgan fingerprint density at radius 1 is 1.16 bits per heavy atom. The minimum absolute atomic E-state index is 0.134. The minimum Gasteiger partial charge on any atom is -0.340 e. The van der Waals surface area contributed by atoms with Gasteiger partial charge in [-0.25, -0.2) is 13.8 Å². The molecule has 3 N–H and O–H groups in total. The van der Waals surface area contributed by atoms with Crippen molar-refractivity contribution in [2.45, 2.75) is 26.2 Å². The van der Waals surface area contributed by atoms with Gasteiger partial charge in [-0.15, -0.1) is 0 Å². The Balaban J connectivity index is 1.90. The van der Waals surface area contributed by atoms with Gasteiger partial charge in [0.2, 0.25) is 0 Å². The van der Waals surface area contributed by atoms with Gasteiger partial charge in [0.05, 0.1) is 11.9 Å². The fraction of sp³-hybridized carbons (Fsp3) is 0.235. The van der Waals surface area contributed by atoms with Crippen molar-refractivity contribution in [2.24, 2.45) is 0 Å². The molecule has 0 aliphatic heterocycles. The Hall–Kier alpha value is -3.03. The first-order valence-electron chi connectivity index (χ1n) is 7.62. The Morgan fingerprint density at radius 2 is 1.84 bits per heavy atom. The number of benzene rings is 1. The lowest BCUT2D eigenvalue weighted by molar-refractivity contribution is 0.101. The van der Waals surface area contributed by atoms with Crippen molar-refractivity contribution in [1.82, 2.24) is 20.2 Å². The predicted octanol–water partition coefficient (Wildman–Crippen LogP) is 3.63. The molecular weight excluding hydrogens is 328 g/mol. The lowest BCUT2D eigenvalue weighted by Crippen LogP contribution is -2.16. The van der Waals surface area contributed by atoms with E-state index in [1.807, 2.05) is 20.8 Å². The van der Waals surface area contributed by atoms with Crippen LogP contribution < -0.4 is 5.32 Å². The summed E-state index contributed by atoms with van der Waals surface area (Å²) in [6, 6.07) is 3.24. The number of H-pyrrole nitrogens is 2. The molecule has 0 saturated heterocycles. The first-order chi connectivity index (χ1) is 11.8. The van der Waals surface area contributed by atoms with Crippen molar-refractivity contribution >= 4 is 11.6 Å². The fourth-order valence-corrected chi connectivity index (χ4v) is 2.29. The maximum Gasteiger partial charge on any atom is 0.261 e. The highest BCUT2D eigenvalue weighted by Gasteiger charge is 2.22. The van der Waals surface area contributed by atoms with E-state index in [0.29, 0.717) is 11.5 Å². The molecule has 130 valence electrons. The van der Waals surface area contributed by atoms with Crippen LogP contribution in [-0.4, -0.2) is 26.1 Å². The highest BCUT2D eigenvalue weighted by Crippen LogP contribution is 2.27. The van der Waals surface area contributed by atoms with Crippen LogP contribution in [0.3, 0.4) is 0 Å². The molecule has 8 heteroatoms. The Morgan fingerprint density at radius 3 is 2.44 bits per heavy atom. The molecular formula is C17H17F2N5O. The molecule has 2 aromatic heterocycles. The lowest BCUT2D eigenvalue weighted by Gasteiger charge is -2.15. The molecule has 0 unspecified atom stereocenters. The van der Waals surface area contributed by atoms with Gasteiger partial charge in [0.1, 0.15) is 22.9 Å². The summed E-state index contributed by atoms with van der Waals surface area (Å²) in [5, 5.41) is 9.06. The Bertz CT molecular complexity index is 903. The van der Waals surface area contributed by atoms with Crippen LogP contribution in [0.4, 0.5) is 14.5 Å². The van der Waals surface area contributed by atoms with E-state index in [4.69, 9.17) is 0 Å². The lowest BCUT2D eigenvalue weighted by atomic mass is 9.93. The number of rotatable bonds is 3. The van der Waals surface area contributed by atoms with Gasteiger partial charge in [-0.1, -0.05) is 26.8 Å². The van der Waals surface area contributed by atoms with Crippen molar-refractivity contribution in [3.8, 4) is 11.5 Å². The van der Waals surface area contributed by atoms with Crippen LogP contribution in [0.1, 0.15) is 36.8 Å². The van der Waals surface area contributed by atoms with E-state index in [0.717, 1.165) is 17.8 Å². The van der Waals surface area contributed by atoms with Gasteiger partial charge in [-0.05, 0) is 12.1 Å². The van der Waals surface area contributed by atoms with Crippen LogP contribution in [0.2, 0.25) is 0 Å². The first-order valence-corrected chi connectivity index (χ1v) is 7.62. The van der Waals surface area contributed by atoms with E-state index in [-0.39, 0.29) is 11.1 Å². The largest absolute Gasteiger partial charge is 0.340 e. The Kier molecular flexibility index (Phi) is 4.12. The van der Waals surface area contributed by atoms with Crippen molar-refractivity contribution in [1.29, 1.82) is 0 Å². The number of aromatic amines is 2. The van der Waals surface area contributed by atoms with Gasteiger partial charge < -0.3 is 10.3 Å². The molecule has 0 aliphatic carbocycles. The number of anilines is 1. The average Bonchev–Trinajstić information content (AvgIpc) is 3.14. The minimum atomic E-state index is -0.935. The van der Waals surface area contributed by atoms with Gasteiger partial charge in [-0.3, -0.25) is 9.89 Å². The molecule has 2 heterocycles. The second-order valence-electron chi connectivity index (χ2n) is 6.60. The third kappa shape index (κ3) is 3.28. The van der Waals surface area contributed by atoms with Crippen LogP contribution in [0.25, 0.3) is 11.5 Å². The number of hydrogen-bond donors (Lipinski definition) is 3. The van der Waals surface area contributed by atoms with Crippen LogP contribution in [0, 0.1) is 11.6 Å². The summed E-state index contributed by atoms with van der Waals surface area (Å²) >= 11 is 0. The van der Waals surface area contributed by atoms with Crippen molar-refractivity contribution in [2.75, 3.05) is 5.32 Å². The standard InChI is InChI=1S/C17H17F2N5O/c1-17(2,3)12-8-20-15(23-12)14-11(7-21-24-14)22-16(25)13-9(18)5-4-6-10(13)19/h4-8H,1-3H3,(H,20,23)(H,21,24)(H,22,25). The van der Waals surface area contributed by atoms with Gasteiger partial charge >= 0.3 is 0 Å². The molecule has 0 spiro atoms. The summed E-state index contributed by atoms with van der Waals surface area (Å²) in [5.41, 5.74) is 0.799. The Labute approximate surface area is 142 Å². The molecule has 1 aromatic carbocycles. The van der Waals surface area contributed by atoms with Gasteiger partial charge in [0.25, 0.3) is 5.91 Å². The molecule has 3 aromatic rings.